The van der Waals surface area contributed by atoms with Crippen molar-refractivity contribution < 1.29 is 27.4 Å². The van der Waals surface area contributed by atoms with Gasteiger partial charge in [-0.05, 0) is 19.3 Å². The molecule has 176 valence electrons. The minimum Gasteiger partial charge on any atom is -0.328 e. The Kier molecular flexibility index (Phi) is 15.3. The predicted molar refractivity (Wildman–Crippen MR) is 113 cm³/mol. The number of hydrogen-bond donors (Lipinski definition) is 0. The largest absolute Gasteiger partial charge is 0.328 e. The van der Waals surface area contributed by atoms with Gasteiger partial charge in [-0.1, -0.05) is 84.5 Å². The molecule has 0 aliphatic rings. The lowest BCUT2D eigenvalue weighted by Crippen LogP contribution is -2.64. The molecule has 1 atom stereocenters. The predicted octanol–water partition coefficient (Wildman–Crippen LogP) is 7.81. The van der Waals surface area contributed by atoms with Crippen LogP contribution in [0.15, 0.2) is 0 Å². The minimum absolute atomic E-state index is 0.267. The zero-order valence-electron chi connectivity index (χ0n) is 19.5. The Labute approximate surface area is 177 Å². The highest BCUT2D eigenvalue weighted by molar-refractivity contribution is 5.01. The van der Waals surface area contributed by atoms with E-state index >= 15 is 13.2 Å². The van der Waals surface area contributed by atoms with Crippen LogP contribution in [-0.4, -0.2) is 38.9 Å². The van der Waals surface area contributed by atoms with Crippen molar-refractivity contribution in [3.05, 3.63) is 0 Å². The van der Waals surface area contributed by atoms with Gasteiger partial charge >= 0.3 is 5.97 Å². The zero-order chi connectivity index (χ0) is 22.2. The highest BCUT2D eigenvalue weighted by Gasteiger charge is 2.68. The molecule has 0 aliphatic heterocycles. The van der Waals surface area contributed by atoms with E-state index in [1.54, 1.807) is 0 Å². The molecular formula is C23H45F3O3. The molecule has 0 saturated heterocycles. The second-order valence-corrected chi connectivity index (χ2v) is 8.06. The van der Waals surface area contributed by atoms with Crippen molar-refractivity contribution in [3.63, 3.8) is 0 Å². The summed E-state index contributed by atoms with van der Waals surface area (Å²) in [7, 11) is 3.44. The first kappa shape index (κ1) is 28.7. The number of halogens is 3. The Morgan fingerprint density at radius 3 is 1.24 bits per heavy atom. The average molecular weight is 427 g/mol. The third-order valence-corrected chi connectivity index (χ3v) is 5.84. The summed E-state index contributed by atoms with van der Waals surface area (Å²) in [5.41, 5.74) is -3.05. The molecule has 1 unspecified atom stereocenters. The molecule has 0 aromatic carbocycles. The van der Waals surface area contributed by atoms with Crippen LogP contribution in [0, 0.1) is 0 Å². The van der Waals surface area contributed by atoms with E-state index in [1.807, 2.05) is 0 Å². The van der Waals surface area contributed by atoms with Crippen molar-refractivity contribution in [2.24, 2.45) is 0 Å². The lowest BCUT2D eigenvalue weighted by Gasteiger charge is -2.45. The molecule has 0 spiro atoms. The van der Waals surface area contributed by atoms with Gasteiger partial charge in [0.1, 0.15) is 0 Å². The highest BCUT2D eigenvalue weighted by Crippen LogP contribution is 2.49. The molecule has 0 aliphatic carbocycles. The van der Waals surface area contributed by atoms with E-state index in [0.717, 1.165) is 59.9 Å². The first-order valence-electron chi connectivity index (χ1n) is 11.5. The Hall–Kier alpha value is -0.330. The van der Waals surface area contributed by atoms with E-state index in [1.165, 1.54) is 19.3 Å². The first-order chi connectivity index (χ1) is 13.8. The third kappa shape index (κ3) is 8.74. The number of ether oxygens (including phenoxy) is 3. The van der Waals surface area contributed by atoms with Crippen LogP contribution in [0.3, 0.4) is 0 Å². The zero-order valence-corrected chi connectivity index (χ0v) is 19.5. The molecular weight excluding hydrogens is 381 g/mol. The van der Waals surface area contributed by atoms with Gasteiger partial charge in [0.05, 0.1) is 0 Å². The molecule has 0 aromatic rings. The van der Waals surface area contributed by atoms with Gasteiger partial charge in [0, 0.05) is 27.8 Å². The van der Waals surface area contributed by atoms with Gasteiger partial charge in [0.25, 0.3) is 11.6 Å². The van der Waals surface area contributed by atoms with Gasteiger partial charge in [0.15, 0.2) is 0 Å². The SMILES string of the molecule is CCCCCCCCCCC(F)(C(F)(F)CCCCCCC)C(OC)(OC)OC. The number of hydrogen-bond acceptors (Lipinski definition) is 3. The van der Waals surface area contributed by atoms with Crippen molar-refractivity contribution >= 4 is 0 Å². The molecule has 0 radical (unpaired) electrons. The number of rotatable bonds is 20. The van der Waals surface area contributed by atoms with Gasteiger partial charge in [0.2, 0.25) is 0 Å². The average Bonchev–Trinajstić information content (AvgIpc) is 2.71. The summed E-state index contributed by atoms with van der Waals surface area (Å²) >= 11 is 0. The summed E-state index contributed by atoms with van der Waals surface area (Å²) in [5.74, 6) is -6.02. The van der Waals surface area contributed by atoms with Crippen molar-refractivity contribution in [2.45, 2.75) is 128 Å². The van der Waals surface area contributed by atoms with Crippen molar-refractivity contribution in [3.8, 4) is 0 Å². The summed E-state index contributed by atoms with van der Waals surface area (Å²) in [6.45, 7) is 4.23. The maximum absolute atomic E-state index is 16.0. The van der Waals surface area contributed by atoms with E-state index in [2.05, 4.69) is 13.8 Å². The monoisotopic (exact) mass is 426 g/mol. The Morgan fingerprint density at radius 2 is 0.862 bits per heavy atom. The Balaban J connectivity index is 4.98. The second kappa shape index (κ2) is 15.5. The Morgan fingerprint density at radius 1 is 0.517 bits per heavy atom. The second-order valence-electron chi connectivity index (χ2n) is 8.06. The van der Waals surface area contributed by atoms with Crippen molar-refractivity contribution in [1.82, 2.24) is 0 Å². The summed E-state index contributed by atoms with van der Waals surface area (Å²) in [6, 6.07) is 0. The van der Waals surface area contributed by atoms with E-state index < -0.39 is 24.0 Å². The minimum atomic E-state index is -3.61. The fourth-order valence-corrected chi connectivity index (χ4v) is 3.95. The summed E-state index contributed by atoms with van der Waals surface area (Å²) in [5, 5.41) is 0. The van der Waals surface area contributed by atoms with Gasteiger partial charge in [-0.25, -0.2) is 13.2 Å². The molecule has 0 rings (SSSR count). The van der Waals surface area contributed by atoms with Crippen LogP contribution < -0.4 is 0 Å². The van der Waals surface area contributed by atoms with Gasteiger partial charge in [-0.2, -0.15) is 0 Å². The highest BCUT2D eigenvalue weighted by atomic mass is 19.3. The lowest BCUT2D eigenvalue weighted by molar-refractivity contribution is -0.436. The van der Waals surface area contributed by atoms with Crippen LogP contribution in [-0.2, 0) is 14.2 Å². The molecule has 0 bridgehead atoms. The fraction of sp³-hybridized carbons (Fsp3) is 1.00. The maximum atomic E-state index is 16.0. The van der Waals surface area contributed by atoms with Gasteiger partial charge < -0.3 is 14.2 Å². The Bertz CT molecular complexity index is 381. The van der Waals surface area contributed by atoms with Gasteiger partial charge in [-0.3, -0.25) is 0 Å². The third-order valence-electron chi connectivity index (χ3n) is 5.84. The van der Waals surface area contributed by atoms with E-state index in [0.29, 0.717) is 19.3 Å². The molecule has 0 aromatic heterocycles. The smallest absolute Gasteiger partial charge is 0.324 e. The van der Waals surface area contributed by atoms with E-state index in [9.17, 15) is 0 Å². The van der Waals surface area contributed by atoms with Crippen molar-refractivity contribution in [1.29, 1.82) is 0 Å². The van der Waals surface area contributed by atoms with Crippen LogP contribution >= 0.6 is 0 Å². The van der Waals surface area contributed by atoms with Crippen molar-refractivity contribution in [2.75, 3.05) is 21.3 Å². The van der Waals surface area contributed by atoms with E-state index in [4.69, 9.17) is 14.2 Å². The number of alkyl halides is 3. The van der Waals surface area contributed by atoms with E-state index in [-0.39, 0.29) is 12.8 Å². The van der Waals surface area contributed by atoms with Crippen LogP contribution in [0.4, 0.5) is 13.2 Å². The molecule has 6 heteroatoms. The molecule has 0 fully saturated rings. The molecule has 3 nitrogen and oxygen atoms in total. The molecule has 0 N–H and O–H groups in total. The standard InChI is InChI=1S/C23H45F3O3/c1-6-8-10-12-13-14-16-17-19-21(24,23(27-3,28-4)29-5)22(25,26)20-18-15-11-9-7-2/h6-20H2,1-5H3. The molecule has 0 saturated carbocycles. The number of methoxy groups -OCH3 is 3. The van der Waals surface area contributed by atoms with Crippen LogP contribution in [0.25, 0.3) is 0 Å². The summed E-state index contributed by atoms with van der Waals surface area (Å²) < 4.78 is 61.5. The quantitative estimate of drug-likeness (QED) is 0.147. The van der Waals surface area contributed by atoms with Crippen LogP contribution in [0.1, 0.15) is 110 Å². The summed E-state index contributed by atoms with van der Waals surface area (Å²) in [4.78, 5) is 0. The topological polar surface area (TPSA) is 27.7 Å². The summed E-state index contributed by atoms with van der Waals surface area (Å²) in [6.07, 6.45) is 10.7. The van der Waals surface area contributed by atoms with Crippen LogP contribution in [0.2, 0.25) is 0 Å². The molecule has 29 heavy (non-hydrogen) atoms. The molecule has 0 amide bonds. The number of unbranched alkanes of at least 4 members (excludes halogenated alkanes) is 11. The normalized spacial score (nSPS) is 14.9. The fourth-order valence-electron chi connectivity index (χ4n) is 3.95. The molecule has 0 heterocycles. The maximum Gasteiger partial charge on any atom is 0.324 e. The first-order valence-corrected chi connectivity index (χ1v) is 11.5. The van der Waals surface area contributed by atoms with Crippen LogP contribution in [0.5, 0.6) is 0 Å². The lowest BCUT2D eigenvalue weighted by atomic mass is 9.85. The van der Waals surface area contributed by atoms with Gasteiger partial charge in [-0.15, -0.1) is 0 Å².